The number of carbonyl (C=O) groups is 1. The molecule has 8 heteroatoms. The summed E-state index contributed by atoms with van der Waals surface area (Å²) in [6.07, 6.45) is 0. The lowest BCUT2D eigenvalue weighted by atomic mass is 10.1. The summed E-state index contributed by atoms with van der Waals surface area (Å²) < 4.78 is 1.67. The maximum absolute atomic E-state index is 14.9. The first-order valence-corrected chi connectivity index (χ1v) is 14.4. The maximum Gasteiger partial charge on any atom is 0.269 e. The van der Waals surface area contributed by atoms with E-state index in [4.69, 9.17) is 0 Å². The van der Waals surface area contributed by atoms with E-state index in [1.54, 1.807) is 4.68 Å². The first-order valence-electron chi connectivity index (χ1n) is 12.6. The van der Waals surface area contributed by atoms with Gasteiger partial charge in [0.25, 0.3) is 5.69 Å². The zero-order valence-corrected chi connectivity index (χ0v) is 22.1. The van der Waals surface area contributed by atoms with Crippen molar-refractivity contribution in [1.29, 1.82) is 0 Å². The number of non-ortho nitro benzene ring substituents is 1. The Balaban J connectivity index is 1.85. The highest BCUT2D eigenvalue weighted by Gasteiger charge is 2.36. The molecule has 0 fully saturated rings. The van der Waals surface area contributed by atoms with Gasteiger partial charge in [0.05, 0.1) is 10.4 Å². The Morgan fingerprint density at radius 1 is 0.650 bits per heavy atom. The fourth-order valence-corrected chi connectivity index (χ4v) is 9.40. The van der Waals surface area contributed by atoms with Crippen LogP contribution in [0.25, 0.3) is 11.0 Å². The number of nitrogens with zero attached hydrogens (tertiary/aromatic N) is 4. The Labute approximate surface area is 230 Å². The zero-order chi connectivity index (χ0) is 27.5. The van der Waals surface area contributed by atoms with Crippen molar-refractivity contribution < 1.29 is 9.72 Å². The first-order chi connectivity index (χ1) is 19.6. The Kier molecular flexibility index (Phi) is 6.64. The number of para-hydroxylation sites is 1. The predicted molar refractivity (Wildman–Crippen MR) is 161 cm³/mol. The third-order valence-electron chi connectivity index (χ3n) is 6.84. The van der Waals surface area contributed by atoms with Crippen LogP contribution in [0.5, 0.6) is 0 Å². The molecular formula is C32H23N4O3P. The van der Waals surface area contributed by atoms with Crippen molar-refractivity contribution in [3.8, 4) is 0 Å². The van der Waals surface area contributed by atoms with Crippen LogP contribution in [0.3, 0.4) is 0 Å². The van der Waals surface area contributed by atoms with Crippen molar-refractivity contribution in [3.63, 3.8) is 0 Å². The van der Waals surface area contributed by atoms with Gasteiger partial charge in [-0.05, 0) is 40.2 Å². The molecule has 6 aromatic rings. The molecule has 5 aromatic carbocycles. The maximum atomic E-state index is 14.9. The number of hydrogen-bond acceptors (Lipinski definition) is 5. The Morgan fingerprint density at radius 3 is 1.62 bits per heavy atom. The van der Waals surface area contributed by atoms with E-state index in [0.717, 1.165) is 15.9 Å². The molecule has 6 rings (SSSR count). The third kappa shape index (κ3) is 4.23. The monoisotopic (exact) mass is 542 g/mol. The second-order valence-corrected chi connectivity index (χ2v) is 12.4. The van der Waals surface area contributed by atoms with E-state index >= 15 is 0 Å². The van der Waals surface area contributed by atoms with Crippen LogP contribution in [0.2, 0.25) is 0 Å². The van der Waals surface area contributed by atoms with Crippen molar-refractivity contribution >= 4 is 50.7 Å². The topological polar surface area (TPSA) is 90.9 Å². The van der Waals surface area contributed by atoms with E-state index in [2.05, 4.69) is 46.7 Å². The summed E-state index contributed by atoms with van der Waals surface area (Å²) in [7, 11) is 0. The molecule has 0 amide bonds. The molecule has 0 saturated heterocycles. The van der Waals surface area contributed by atoms with Crippen LogP contribution < -0.4 is 15.9 Å². The molecule has 194 valence electrons. The number of hydrogen-bond donors (Lipinski definition) is 0. The van der Waals surface area contributed by atoms with E-state index in [1.807, 2.05) is 78.9 Å². The van der Waals surface area contributed by atoms with Crippen LogP contribution in [0.1, 0.15) is 10.4 Å². The fraction of sp³-hybridized carbons (Fsp3) is 0. The molecule has 0 unspecified atom stereocenters. The van der Waals surface area contributed by atoms with Gasteiger partial charge in [-0.1, -0.05) is 108 Å². The summed E-state index contributed by atoms with van der Waals surface area (Å²) in [4.78, 5) is 25.8. The second-order valence-electron chi connectivity index (χ2n) is 9.12. The van der Waals surface area contributed by atoms with Crippen LogP contribution in [0.15, 0.2) is 140 Å². The van der Waals surface area contributed by atoms with E-state index in [0.29, 0.717) is 22.0 Å². The predicted octanol–water partition coefficient (Wildman–Crippen LogP) is 5.19. The molecule has 0 saturated carbocycles. The number of nitro benzene ring substituents is 1. The highest BCUT2D eigenvalue weighted by molar-refractivity contribution is 7.96. The molecule has 0 bridgehead atoms. The quantitative estimate of drug-likeness (QED) is 0.120. The molecule has 40 heavy (non-hydrogen) atoms. The summed E-state index contributed by atoms with van der Waals surface area (Å²) >= 11 is 0. The number of nitro groups is 1. The standard InChI is InChI=1S/C32H23N4O3P/c37-31(24-20-22-25(23-21-24)36(38)39)32(35-30-19-11-10-18-29(30)33-34-35)40(26-12-4-1-5-13-26,27-14-6-2-7-15-27)28-16-8-3-9-17-28/h1-23H. The van der Waals surface area contributed by atoms with Gasteiger partial charge in [-0.2, -0.15) is 0 Å². The SMILES string of the molecule is O=C(C(n1nnc2ccccc21)=P(c1ccccc1)(c1ccccc1)c1ccccc1)c1ccc([N+](=O)[O-])cc1. The molecular weight excluding hydrogens is 519 g/mol. The molecule has 0 aliphatic heterocycles. The number of Topliss-reactive ketones (excluding diaryl/α,β-unsaturated/α-hetero) is 1. The highest BCUT2D eigenvalue weighted by atomic mass is 31.2. The number of rotatable bonds is 7. The van der Waals surface area contributed by atoms with Crippen LogP contribution in [-0.2, 0) is 0 Å². The summed E-state index contributed by atoms with van der Waals surface area (Å²) in [5.74, 6) is -0.282. The van der Waals surface area contributed by atoms with Crippen molar-refractivity contribution in [1.82, 2.24) is 15.0 Å². The summed E-state index contributed by atoms with van der Waals surface area (Å²) in [6, 6.07) is 43.3. The first kappa shape index (κ1) is 25.2. The van der Waals surface area contributed by atoms with Crippen molar-refractivity contribution in [2.45, 2.75) is 0 Å². The van der Waals surface area contributed by atoms with Gasteiger partial charge in [-0.25, -0.2) is 4.68 Å². The van der Waals surface area contributed by atoms with Crippen molar-refractivity contribution in [2.75, 3.05) is 0 Å². The third-order valence-corrected chi connectivity index (χ3v) is 11.1. The normalized spacial score (nSPS) is 11.3. The van der Waals surface area contributed by atoms with E-state index in [-0.39, 0.29) is 11.5 Å². The molecule has 0 radical (unpaired) electrons. The second kappa shape index (κ2) is 10.6. The minimum Gasteiger partial charge on any atom is -0.287 e. The molecule has 1 aromatic heterocycles. The molecule has 0 aliphatic rings. The van der Waals surface area contributed by atoms with E-state index in [1.165, 1.54) is 24.3 Å². The van der Waals surface area contributed by atoms with Crippen molar-refractivity contribution in [2.24, 2.45) is 0 Å². The Bertz CT molecular complexity index is 1780. The number of fused-ring (bicyclic) bond motifs is 1. The summed E-state index contributed by atoms with van der Waals surface area (Å²) in [5, 5.41) is 23.2. The summed E-state index contributed by atoms with van der Waals surface area (Å²) in [5.41, 5.74) is 2.04. The zero-order valence-electron chi connectivity index (χ0n) is 21.2. The Morgan fingerprint density at radius 2 is 1.12 bits per heavy atom. The molecule has 0 aliphatic carbocycles. The molecule has 0 N–H and O–H groups in total. The van der Waals surface area contributed by atoms with E-state index in [9.17, 15) is 14.9 Å². The van der Waals surface area contributed by atoms with Crippen LogP contribution in [0, 0.1) is 10.1 Å². The lowest BCUT2D eigenvalue weighted by Gasteiger charge is -2.32. The molecule has 1 heterocycles. The average Bonchev–Trinajstić information content (AvgIpc) is 3.44. The lowest BCUT2D eigenvalue weighted by Crippen LogP contribution is -2.37. The van der Waals surface area contributed by atoms with Gasteiger partial charge in [0.1, 0.15) is 10.9 Å². The molecule has 0 spiro atoms. The van der Waals surface area contributed by atoms with Gasteiger partial charge < -0.3 is 0 Å². The minimum absolute atomic E-state index is 0.0838. The van der Waals surface area contributed by atoms with Crippen molar-refractivity contribution in [3.05, 3.63) is 155 Å². The number of ketones is 1. The van der Waals surface area contributed by atoms with Gasteiger partial charge in [-0.3, -0.25) is 14.9 Å². The highest BCUT2D eigenvalue weighted by Crippen LogP contribution is 2.47. The average molecular weight is 543 g/mol. The van der Waals surface area contributed by atoms with Gasteiger partial charge in [0.15, 0.2) is 0 Å². The van der Waals surface area contributed by atoms with Gasteiger partial charge >= 0.3 is 0 Å². The summed E-state index contributed by atoms with van der Waals surface area (Å²) in [6.45, 7) is -2.92. The fourth-order valence-electron chi connectivity index (χ4n) is 5.05. The Hall–Kier alpha value is -5.13. The largest absolute Gasteiger partial charge is 0.287 e. The van der Waals surface area contributed by atoms with Gasteiger partial charge in [0.2, 0.25) is 5.78 Å². The van der Waals surface area contributed by atoms with E-state index < -0.39 is 11.8 Å². The van der Waals surface area contributed by atoms with Gasteiger partial charge in [0, 0.05) is 24.6 Å². The number of carbonyl (C=O) groups excluding carboxylic acids is 1. The van der Waals surface area contributed by atoms with Crippen LogP contribution >= 0.6 is 6.89 Å². The van der Waals surface area contributed by atoms with Crippen LogP contribution in [-0.4, -0.2) is 31.1 Å². The number of aromatic nitrogens is 3. The van der Waals surface area contributed by atoms with Gasteiger partial charge in [-0.15, -0.1) is 5.10 Å². The lowest BCUT2D eigenvalue weighted by molar-refractivity contribution is -0.384. The molecule has 0 atom stereocenters. The minimum atomic E-state index is -2.92. The number of benzene rings is 5. The molecule has 7 nitrogen and oxygen atoms in total. The van der Waals surface area contributed by atoms with Crippen LogP contribution in [0.4, 0.5) is 5.69 Å². The smallest absolute Gasteiger partial charge is 0.269 e.